The first-order chi connectivity index (χ1) is 16.5. The molecule has 0 bridgehead atoms. The van der Waals surface area contributed by atoms with Crippen LogP contribution in [0.4, 0.5) is 0 Å². The number of esters is 1. The summed E-state index contributed by atoms with van der Waals surface area (Å²) in [5.74, 6) is 0.327. The molecule has 0 saturated heterocycles. The maximum Gasteiger partial charge on any atom is 0.355 e. The van der Waals surface area contributed by atoms with Crippen LogP contribution in [0.3, 0.4) is 0 Å². The standard InChI is InChI=1S/C25H19ClN2O5S/c1-31-19-11-10-16(13-20(19)32-2)24(29)28-27-14-15-6-5-7-17(12-15)33-25(30)23-22(26)18-8-3-4-9-21(18)34-23/h3-14H,1-2H3,(H,28,29)/b27-14+. The maximum atomic E-state index is 12.7. The third-order valence-corrected chi connectivity index (χ3v) is 6.47. The lowest BCUT2D eigenvalue weighted by molar-refractivity contribution is 0.0740. The summed E-state index contributed by atoms with van der Waals surface area (Å²) in [5, 5.41) is 5.17. The number of ether oxygens (including phenoxy) is 3. The molecule has 1 amide bonds. The molecule has 0 saturated carbocycles. The molecule has 0 spiro atoms. The number of fused-ring (bicyclic) bond motifs is 1. The van der Waals surface area contributed by atoms with Crippen molar-refractivity contribution >= 4 is 51.1 Å². The summed E-state index contributed by atoms with van der Waals surface area (Å²) >= 11 is 7.65. The van der Waals surface area contributed by atoms with Crippen molar-refractivity contribution < 1.29 is 23.8 Å². The van der Waals surface area contributed by atoms with E-state index in [9.17, 15) is 9.59 Å². The zero-order chi connectivity index (χ0) is 24.1. The van der Waals surface area contributed by atoms with Crippen molar-refractivity contribution in [3.8, 4) is 17.2 Å². The summed E-state index contributed by atoms with van der Waals surface area (Å²) in [6.45, 7) is 0. The highest BCUT2D eigenvalue weighted by Gasteiger charge is 2.19. The number of rotatable bonds is 7. The van der Waals surface area contributed by atoms with Crippen LogP contribution in [0, 0.1) is 0 Å². The quantitative estimate of drug-likeness (QED) is 0.157. The SMILES string of the molecule is COc1ccc(C(=O)N/N=C/c2cccc(OC(=O)c3sc4ccccc4c3Cl)c2)cc1OC. The minimum Gasteiger partial charge on any atom is -0.493 e. The summed E-state index contributed by atoms with van der Waals surface area (Å²) in [4.78, 5) is 25.4. The van der Waals surface area contributed by atoms with E-state index < -0.39 is 11.9 Å². The van der Waals surface area contributed by atoms with Gasteiger partial charge in [0.1, 0.15) is 10.6 Å². The van der Waals surface area contributed by atoms with Crippen LogP contribution in [0.15, 0.2) is 71.8 Å². The molecule has 0 aliphatic heterocycles. The Balaban J connectivity index is 1.42. The van der Waals surface area contributed by atoms with Crippen LogP contribution in [0.1, 0.15) is 25.6 Å². The van der Waals surface area contributed by atoms with Crippen molar-refractivity contribution in [3.63, 3.8) is 0 Å². The summed E-state index contributed by atoms with van der Waals surface area (Å²) in [7, 11) is 3.01. The fourth-order valence-electron chi connectivity index (χ4n) is 3.16. The van der Waals surface area contributed by atoms with Gasteiger partial charge in [-0.15, -0.1) is 11.3 Å². The Bertz CT molecular complexity index is 1400. The number of nitrogens with zero attached hydrogens (tertiary/aromatic N) is 1. The van der Waals surface area contributed by atoms with Gasteiger partial charge in [-0.25, -0.2) is 10.2 Å². The highest BCUT2D eigenvalue weighted by atomic mass is 35.5. The Labute approximate surface area is 204 Å². The predicted molar refractivity (Wildman–Crippen MR) is 133 cm³/mol. The van der Waals surface area contributed by atoms with Crippen molar-refractivity contribution in [3.05, 3.63) is 87.8 Å². The van der Waals surface area contributed by atoms with E-state index in [0.29, 0.717) is 38.3 Å². The van der Waals surface area contributed by atoms with E-state index in [4.69, 9.17) is 25.8 Å². The van der Waals surface area contributed by atoms with Gasteiger partial charge in [-0.2, -0.15) is 5.10 Å². The number of carbonyl (C=O) groups is 2. The average molecular weight is 495 g/mol. The number of carbonyl (C=O) groups excluding carboxylic acids is 2. The van der Waals surface area contributed by atoms with Gasteiger partial charge < -0.3 is 14.2 Å². The minimum atomic E-state index is -0.540. The molecule has 1 aromatic heterocycles. The van der Waals surface area contributed by atoms with Gasteiger partial charge in [0.15, 0.2) is 11.5 Å². The van der Waals surface area contributed by atoms with Crippen LogP contribution in [0.5, 0.6) is 17.2 Å². The molecular formula is C25H19ClN2O5S. The first-order valence-electron chi connectivity index (χ1n) is 10.0. The molecule has 172 valence electrons. The van der Waals surface area contributed by atoms with Crippen LogP contribution in [-0.4, -0.2) is 32.3 Å². The largest absolute Gasteiger partial charge is 0.493 e. The molecule has 0 radical (unpaired) electrons. The van der Waals surface area contributed by atoms with Crippen LogP contribution < -0.4 is 19.6 Å². The molecule has 4 rings (SSSR count). The van der Waals surface area contributed by atoms with E-state index in [1.165, 1.54) is 31.8 Å². The highest BCUT2D eigenvalue weighted by molar-refractivity contribution is 7.21. The fraction of sp³-hybridized carbons (Fsp3) is 0.0800. The lowest BCUT2D eigenvalue weighted by atomic mass is 10.2. The third kappa shape index (κ3) is 5.03. The highest BCUT2D eigenvalue weighted by Crippen LogP contribution is 2.35. The molecule has 1 N–H and O–H groups in total. The normalized spacial score (nSPS) is 10.9. The van der Waals surface area contributed by atoms with E-state index in [1.54, 1.807) is 42.5 Å². The number of hydrazone groups is 1. The fourth-order valence-corrected chi connectivity index (χ4v) is 4.55. The Morgan fingerprint density at radius 1 is 0.971 bits per heavy atom. The van der Waals surface area contributed by atoms with Gasteiger partial charge in [0.2, 0.25) is 0 Å². The summed E-state index contributed by atoms with van der Waals surface area (Å²) < 4.78 is 16.8. The van der Waals surface area contributed by atoms with Crippen molar-refractivity contribution in [2.75, 3.05) is 14.2 Å². The third-order valence-electron chi connectivity index (χ3n) is 4.81. The second-order valence-corrected chi connectivity index (χ2v) is 8.40. The first kappa shape index (κ1) is 23.3. The zero-order valence-corrected chi connectivity index (χ0v) is 19.8. The number of amides is 1. The van der Waals surface area contributed by atoms with E-state index in [1.807, 2.05) is 24.3 Å². The topological polar surface area (TPSA) is 86.2 Å². The van der Waals surface area contributed by atoms with Crippen molar-refractivity contribution in [1.82, 2.24) is 5.43 Å². The predicted octanol–water partition coefficient (Wildman–Crippen LogP) is 5.56. The molecule has 0 aliphatic rings. The van der Waals surface area contributed by atoms with Gasteiger partial charge in [0.05, 0.1) is 25.5 Å². The van der Waals surface area contributed by atoms with Gasteiger partial charge >= 0.3 is 5.97 Å². The smallest absolute Gasteiger partial charge is 0.355 e. The summed E-state index contributed by atoms with van der Waals surface area (Å²) in [5.41, 5.74) is 3.44. The molecule has 1 heterocycles. The Hall–Kier alpha value is -3.88. The van der Waals surface area contributed by atoms with Gasteiger partial charge in [-0.1, -0.05) is 41.9 Å². The molecule has 4 aromatic rings. The molecule has 0 atom stereocenters. The maximum absolute atomic E-state index is 12.7. The molecule has 0 aliphatic carbocycles. The van der Waals surface area contributed by atoms with Crippen LogP contribution in [0.25, 0.3) is 10.1 Å². The van der Waals surface area contributed by atoms with Gasteiger partial charge in [0.25, 0.3) is 5.91 Å². The molecule has 9 heteroatoms. The minimum absolute atomic E-state index is 0.327. The molecular weight excluding hydrogens is 476 g/mol. The lowest BCUT2D eigenvalue weighted by Crippen LogP contribution is -2.17. The van der Waals surface area contributed by atoms with E-state index in [0.717, 1.165) is 10.1 Å². The first-order valence-corrected chi connectivity index (χ1v) is 11.2. The summed E-state index contributed by atoms with van der Waals surface area (Å²) in [6, 6.07) is 19.1. The van der Waals surface area contributed by atoms with Crippen molar-refractivity contribution in [2.24, 2.45) is 5.10 Å². The molecule has 0 unspecified atom stereocenters. The van der Waals surface area contributed by atoms with Crippen molar-refractivity contribution in [2.45, 2.75) is 0 Å². The monoisotopic (exact) mass is 494 g/mol. The van der Waals surface area contributed by atoms with E-state index in [-0.39, 0.29) is 0 Å². The Morgan fingerprint density at radius 3 is 2.53 bits per heavy atom. The number of hydrogen-bond donors (Lipinski definition) is 1. The molecule has 3 aromatic carbocycles. The van der Waals surface area contributed by atoms with Gasteiger partial charge in [-0.05, 0) is 42.0 Å². The number of nitrogens with one attached hydrogen (secondary N) is 1. The number of hydrogen-bond acceptors (Lipinski definition) is 7. The summed E-state index contributed by atoms with van der Waals surface area (Å²) in [6.07, 6.45) is 1.45. The number of thiophene rings is 1. The zero-order valence-electron chi connectivity index (χ0n) is 18.2. The van der Waals surface area contributed by atoms with E-state index >= 15 is 0 Å². The molecule has 34 heavy (non-hydrogen) atoms. The van der Waals surface area contributed by atoms with Crippen LogP contribution in [-0.2, 0) is 0 Å². The number of benzene rings is 3. The number of halogens is 1. The molecule has 7 nitrogen and oxygen atoms in total. The second-order valence-electron chi connectivity index (χ2n) is 6.97. The Kier molecular flexibility index (Phi) is 7.10. The average Bonchev–Trinajstić information content (AvgIpc) is 3.20. The van der Waals surface area contributed by atoms with Gasteiger partial charge in [-0.3, -0.25) is 4.79 Å². The molecule has 0 fully saturated rings. The number of methoxy groups -OCH3 is 2. The second kappa shape index (κ2) is 10.4. The Morgan fingerprint density at radius 2 is 1.76 bits per heavy atom. The van der Waals surface area contributed by atoms with E-state index in [2.05, 4.69) is 10.5 Å². The van der Waals surface area contributed by atoms with Crippen LogP contribution in [0.2, 0.25) is 5.02 Å². The van der Waals surface area contributed by atoms with Gasteiger partial charge in [0, 0.05) is 15.6 Å². The van der Waals surface area contributed by atoms with Crippen LogP contribution >= 0.6 is 22.9 Å². The van der Waals surface area contributed by atoms with Crippen molar-refractivity contribution in [1.29, 1.82) is 0 Å². The lowest BCUT2D eigenvalue weighted by Gasteiger charge is -2.08.